The Labute approximate surface area is 102 Å². The lowest BCUT2D eigenvalue weighted by Crippen LogP contribution is -2.33. The van der Waals surface area contributed by atoms with Crippen LogP contribution in [-0.4, -0.2) is 43.7 Å². The van der Waals surface area contributed by atoms with E-state index in [1.165, 1.54) is 0 Å². The summed E-state index contributed by atoms with van der Waals surface area (Å²) in [6.45, 7) is 0. The maximum atomic E-state index is 5.52. The Bertz CT molecular complexity index is 399. The fourth-order valence-corrected chi connectivity index (χ4v) is 1.38. The molecule has 0 heterocycles. The van der Waals surface area contributed by atoms with Crippen molar-refractivity contribution in [1.29, 1.82) is 0 Å². The lowest BCUT2D eigenvalue weighted by atomic mass is 10.3. The van der Waals surface area contributed by atoms with Gasteiger partial charge in [0.05, 0.1) is 39.6 Å². The Hall–Kier alpha value is -1.95. The number of hydrogen-bond donors (Lipinski definition) is 3. The fourth-order valence-electron chi connectivity index (χ4n) is 1.38. The van der Waals surface area contributed by atoms with Crippen LogP contribution in [0.1, 0.15) is 0 Å². The first-order valence-corrected chi connectivity index (χ1v) is 5.26. The number of nitrogens with zero attached hydrogens (tertiary/aromatic N) is 2. The van der Waals surface area contributed by atoms with Crippen molar-refractivity contribution in [3.63, 3.8) is 0 Å². The molecule has 0 saturated heterocycles. The summed E-state index contributed by atoms with van der Waals surface area (Å²) in [5, 5.41) is 0. The Morgan fingerprint density at radius 3 is 2.29 bits per heavy atom. The summed E-state index contributed by atoms with van der Waals surface area (Å²) < 4.78 is 1.87. The minimum atomic E-state index is 0.692. The molecule has 1 rings (SSSR count). The van der Waals surface area contributed by atoms with E-state index >= 15 is 0 Å². The van der Waals surface area contributed by atoms with Gasteiger partial charge in [-0.1, -0.05) is 12.1 Å². The van der Waals surface area contributed by atoms with Crippen LogP contribution < -0.4 is 16.7 Å². The molecule has 0 aliphatic heterocycles. The number of rotatable bonds is 3. The number of nitrogens with two attached hydrogens (primary N) is 1. The maximum absolute atomic E-state index is 5.52. The van der Waals surface area contributed by atoms with Crippen LogP contribution in [0.2, 0.25) is 0 Å². The lowest BCUT2D eigenvalue weighted by molar-refractivity contribution is -0.480. The van der Waals surface area contributed by atoms with Crippen LogP contribution >= 0.6 is 0 Å². The number of nitrogens with one attached hydrogen (secondary N) is 2. The Morgan fingerprint density at radius 1 is 1.24 bits per heavy atom. The highest BCUT2D eigenvalue weighted by molar-refractivity contribution is 5.72. The van der Waals surface area contributed by atoms with Crippen LogP contribution in [0.25, 0.3) is 0 Å². The van der Waals surface area contributed by atoms with Crippen molar-refractivity contribution in [2.45, 2.75) is 0 Å². The van der Waals surface area contributed by atoms with Gasteiger partial charge in [0, 0.05) is 0 Å². The van der Waals surface area contributed by atoms with Crippen molar-refractivity contribution in [1.82, 2.24) is 4.90 Å². The molecule has 0 amide bonds. The molecule has 0 radical (unpaired) electrons. The Balaban J connectivity index is 2.76. The predicted octanol–water partition coefficient (Wildman–Crippen LogP) is 0.505. The first-order valence-electron chi connectivity index (χ1n) is 5.26. The molecule has 0 fully saturated rings. The van der Waals surface area contributed by atoms with Crippen molar-refractivity contribution in [2.75, 3.05) is 39.1 Å². The summed E-state index contributed by atoms with van der Waals surface area (Å²) in [5.41, 5.74) is 7.01. The molecule has 0 atom stereocenters. The van der Waals surface area contributed by atoms with Crippen LogP contribution in [0.15, 0.2) is 24.3 Å². The molecule has 0 unspecified atom stereocenters. The van der Waals surface area contributed by atoms with Crippen LogP contribution in [0.5, 0.6) is 0 Å². The molecule has 0 aliphatic carbocycles. The number of hydrogen-bond acceptors (Lipinski definition) is 4. The molecule has 6 heteroatoms. The molecule has 0 aromatic heterocycles. The van der Waals surface area contributed by atoms with E-state index in [9.17, 15) is 0 Å². The summed E-state index contributed by atoms with van der Waals surface area (Å²) >= 11 is 0. The average Bonchev–Trinajstić information content (AvgIpc) is 2.29. The summed E-state index contributed by atoms with van der Waals surface area (Å²) in [5.74, 6) is 5.40. The molecule has 0 spiro atoms. The Morgan fingerprint density at radius 2 is 1.82 bits per heavy atom. The third-order valence-corrected chi connectivity index (χ3v) is 2.10. The van der Waals surface area contributed by atoms with Gasteiger partial charge in [-0.15, -0.1) is 0 Å². The lowest BCUT2D eigenvalue weighted by Gasteiger charge is -2.14. The first kappa shape index (κ1) is 13.1. The second kappa shape index (κ2) is 5.95. The van der Waals surface area contributed by atoms with Crippen LogP contribution in [0.4, 0.5) is 11.4 Å². The van der Waals surface area contributed by atoms with Gasteiger partial charge < -0.3 is 10.3 Å². The number of amidine groups is 1. The first-order chi connectivity index (χ1) is 8.06. The molecule has 1 aromatic rings. The van der Waals surface area contributed by atoms with Crippen molar-refractivity contribution < 1.29 is 9.41 Å². The van der Waals surface area contributed by atoms with Gasteiger partial charge in [0.1, 0.15) is 0 Å². The summed E-state index contributed by atoms with van der Waals surface area (Å²) in [6.07, 6.45) is 0. The van der Waals surface area contributed by atoms with E-state index in [-0.39, 0.29) is 0 Å². The molecular formula is C11H20N5O+. The highest BCUT2D eigenvalue weighted by atomic mass is 16.7. The van der Waals surface area contributed by atoms with Gasteiger partial charge in [0.15, 0.2) is 0 Å². The standard InChI is InChI=1S/C11H20N5O/c1-15(2)11(16(3)4)17-14-10-8-6-5-7-9(10)13-12/h5-8,13-14H,12H2,1-4H3/q+1. The maximum Gasteiger partial charge on any atom is 0.470 e. The van der Waals surface area contributed by atoms with Gasteiger partial charge in [0.2, 0.25) is 0 Å². The van der Waals surface area contributed by atoms with Gasteiger partial charge in [-0.05, 0) is 12.1 Å². The average molecular weight is 238 g/mol. The number of nitrogen functional groups attached to an aromatic ring is 1. The third kappa shape index (κ3) is 3.53. The van der Waals surface area contributed by atoms with E-state index in [1.807, 2.05) is 61.9 Å². The number of anilines is 2. The van der Waals surface area contributed by atoms with E-state index in [0.29, 0.717) is 6.02 Å². The normalized spacial score (nSPS) is 9.47. The van der Waals surface area contributed by atoms with Crippen molar-refractivity contribution in [3.8, 4) is 0 Å². The number of benzene rings is 1. The number of hydrazine groups is 1. The predicted molar refractivity (Wildman–Crippen MR) is 69.8 cm³/mol. The molecule has 0 aliphatic rings. The zero-order valence-electron chi connectivity index (χ0n) is 10.7. The quantitative estimate of drug-likeness (QED) is 0.235. The van der Waals surface area contributed by atoms with E-state index in [1.54, 1.807) is 0 Å². The minimum Gasteiger partial charge on any atom is -0.322 e. The number of para-hydroxylation sites is 2. The van der Waals surface area contributed by atoms with Crippen molar-refractivity contribution >= 4 is 17.4 Å². The second-order valence-electron chi connectivity index (χ2n) is 3.97. The molecule has 4 N–H and O–H groups in total. The van der Waals surface area contributed by atoms with Crippen molar-refractivity contribution in [3.05, 3.63) is 24.3 Å². The van der Waals surface area contributed by atoms with Crippen LogP contribution in [-0.2, 0) is 4.84 Å². The monoisotopic (exact) mass is 238 g/mol. The fraction of sp³-hybridized carbons (Fsp3) is 0.364. The van der Waals surface area contributed by atoms with Gasteiger partial charge in [-0.3, -0.25) is 5.84 Å². The largest absolute Gasteiger partial charge is 0.470 e. The molecule has 94 valence electrons. The van der Waals surface area contributed by atoms with E-state index < -0.39 is 0 Å². The topological polar surface area (TPSA) is 65.6 Å². The molecule has 0 saturated carbocycles. The third-order valence-electron chi connectivity index (χ3n) is 2.10. The van der Waals surface area contributed by atoms with Crippen molar-refractivity contribution in [2.24, 2.45) is 5.84 Å². The molecule has 1 aromatic carbocycles. The molecule has 17 heavy (non-hydrogen) atoms. The van der Waals surface area contributed by atoms with E-state index in [4.69, 9.17) is 10.7 Å². The summed E-state index contributed by atoms with van der Waals surface area (Å²) in [7, 11) is 7.63. The molecular weight excluding hydrogens is 218 g/mol. The SMILES string of the molecule is CN(C)C(ONc1ccccc1NN)=[N+](C)C. The van der Waals surface area contributed by atoms with E-state index in [2.05, 4.69) is 10.9 Å². The Kier molecular flexibility index (Phi) is 4.59. The smallest absolute Gasteiger partial charge is 0.322 e. The highest BCUT2D eigenvalue weighted by Gasteiger charge is 2.14. The summed E-state index contributed by atoms with van der Waals surface area (Å²) in [6, 6.07) is 8.21. The zero-order chi connectivity index (χ0) is 12.8. The van der Waals surface area contributed by atoms with Gasteiger partial charge in [0.25, 0.3) is 0 Å². The van der Waals surface area contributed by atoms with Gasteiger partial charge in [-0.25, -0.2) is 15.0 Å². The van der Waals surface area contributed by atoms with E-state index in [0.717, 1.165) is 11.4 Å². The molecule has 6 nitrogen and oxygen atoms in total. The van der Waals surface area contributed by atoms with Crippen LogP contribution in [0.3, 0.4) is 0 Å². The minimum absolute atomic E-state index is 0.692. The molecule has 0 bridgehead atoms. The van der Waals surface area contributed by atoms with Gasteiger partial charge >= 0.3 is 6.02 Å². The zero-order valence-corrected chi connectivity index (χ0v) is 10.7. The summed E-state index contributed by atoms with van der Waals surface area (Å²) in [4.78, 5) is 7.38. The second-order valence-corrected chi connectivity index (χ2v) is 3.97. The van der Waals surface area contributed by atoms with Crippen LogP contribution in [0, 0.1) is 0 Å². The highest BCUT2D eigenvalue weighted by Crippen LogP contribution is 2.19. The van der Waals surface area contributed by atoms with Gasteiger partial charge in [-0.2, -0.15) is 0 Å².